The number of aryl methyl sites for hydroxylation is 2. The number of esters is 1. The van der Waals surface area contributed by atoms with Crippen molar-refractivity contribution in [2.45, 2.75) is 37.3 Å². The van der Waals surface area contributed by atoms with Gasteiger partial charge >= 0.3 is 5.97 Å². The van der Waals surface area contributed by atoms with E-state index in [9.17, 15) is 4.79 Å². The SMILES string of the molecule is CCOC(=O)CCc1csc(CSc2cccc(C)c2)n1. The van der Waals surface area contributed by atoms with Gasteiger partial charge in [0.1, 0.15) is 5.01 Å². The van der Waals surface area contributed by atoms with Gasteiger partial charge in [-0.2, -0.15) is 0 Å². The van der Waals surface area contributed by atoms with E-state index in [4.69, 9.17) is 4.74 Å². The zero-order chi connectivity index (χ0) is 15.1. The lowest BCUT2D eigenvalue weighted by atomic mass is 10.2. The Morgan fingerprint density at radius 3 is 3.05 bits per heavy atom. The van der Waals surface area contributed by atoms with Gasteiger partial charge in [-0.3, -0.25) is 4.79 Å². The van der Waals surface area contributed by atoms with Crippen LogP contribution in [0.2, 0.25) is 0 Å². The predicted octanol–water partition coefficient (Wildman–Crippen LogP) is 4.24. The summed E-state index contributed by atoms with van der Waals surface area (Å²) < 4.78 is 4.92. The monoisotopic (exact) mass is 321 g/mol. The summed E-state index contributed by atoms with van der Waals surface area (Å²) in [5.74, 6) is 0.717. The number of carbonyl (C=O) groups excluding carboxylic acids is 1. The number of ether oxygens (including phenoxy) is 1. The molecule has 0 amide bonds. The first-order valence-corrected chi connectivity index (χ1v) is 8.82. The smallest absolute Gasteiger partial charge is 0.306 e. The molecule has 0 radical (unpaired) electrons. The molecule has 112 valence electrons. The molecule has 21 heavy (non-hydrogen) atoms. The Bertz CT molecular complexity index is 595. The molecule has 2 rings (SSSR count). The molecule has 0 saturated heterocycles. The van der Waals surface area contributed by atoms with Crippen LogP contribution in [0.5, 0.6) is 0 Å². The lowest BCUT2D eigenvalue weighted by molar-refractivity contribution is -0.143. The topological polar surface area (TPSA) is 39.2 Å². The maximum atomic E-state index is 11.3. The van der Waals surface area contributed by atoms with E-state index < -0.39 is 0 Å². The molecule has 0 spiro atoms. The standard InChI is InChI=1S/C16H19NO2S2/c1-3-19-16(18)8-7-13-10-21-15(17-13)11-20-14-6-4-5-12(2)9-14/h4-6,9-10H,3,7-8,11H2,1-2H3. The molecule has 1 heterocycles. The van der Waals surface area contributed by atoms with Crippen molar-refractivity contribution in [1.82, 2.24) is 4.98 Å². The average molecular weight is 321 g/mol. The molecule has 3 nitrogen and oxygen atoms in total. The lowest BCUT2D eigenvalue weighted by Crippen LogP contribution is -2.05. The number of rotatable bonds is 7. The summed E-state index contributed by atoms with van der Waals surface area (Å²) in [5, 5.41) is 3.13. The quantitative estimate of drug-likeness (QED) is 0.565. The van der Waals surface area contributed by atoms with Gasteiger partial charge in [0.15, 0.2) is 0 Å². The van der Waals surface area contributed by atoms with Crippen molar-refractivity contribution >= 4 is 29.1 Å². The fourth-order valence-electron chi connectivity index (χ4n) is 1.84. The second kappa shape index (κ2) is 8.20. The van der Waals surface area contributed by atoms with Crippen molar-refractivity contribution in [2.24, 2.45) is 0 Å². The van der Waals surface area contributed by atoms with Crippen LogP contribution in [-0.4, -0.2) is 17.6 Å². The number of nitrogens with zero attached hydrogens (tertiary/aromatic N) is 1. The van der Waals surface area contributed by atoms with E-state index in [0.29, 0.717) is 19.4 Å². The van der Waals surface area contributed by atoms with Crippen LogP contribution < -0.4 is 0 Å². The highest BCUT2D eigenvalue weighted by Crippen LogP contribution is 2.25. The summed E-state index contributed by atoms with van der Waals surface area (Å²) in [5.41, 5.74) is 2.25. The van der Waals surface area contributed by atoms with Crippen molar-refractivity contribution in [1.29, 1.82) is 0 Å². The number of thiazole rings is 1. The largest absolute Gasteiger partial charge is 0.466 e. The van der Waals surface area contributed by atoms with Crippen LogP contribution in [0.15, 0.2) is 34.5 Å². The Hall–Kier alpha value is -1.33. The third-order valence-electron chi connectivity index (χ3n) is 2.84. The van der Waals surface area contributed by atoms with Crippen molar-refractivity contribution in [2.75, 3.05) is 6.61 Å². The van der Waals surface area contributed by atoms with Gasteiger partial charge in [0.25, 0.3) is 0 Å². The Morgan fingerprint density at radius 1 is 1.43 bits per heavy atom. The molecule has 1 aromatic carbocycles. The summed E-state index contributed by atoms with van der Waals surface area (Å²) in [6.45, 7) is 4.36. The highest BCUT2D eigenvalue weighted by molar-refractivity contribution is 7.98. The highest BCUT2D eigenvalue weighted by Gasteiger charge is 2.07. The molecule has 0 fully saturated rings. The zero-order valence-electron chi connectivity index (χ0n) is 12.3. The summed E-state index contributed by atoms with van der Waals surface area (Å²) in [6.07, 6.45) is 1.06. The van der Waals surface area contributed by atoms with Crippen molar-refractivity contribution in [3.05, 3.63) is 45.9 Å². The normalized spacial score (nSPS) is 10.6. The molecule has 0 saturated carbocycles. The van der Waals surface area contributed by atoms with E-state index >= 15 is 0 Å². The van der Waals surface area contributed by atoms with Crippen LogP contribution in [0.4, 0.5) is 0 Å². The number of benzene rings is 1. The second-order valence-corrected chi connectivity index (χ2v) is 6.63. The van der Waals surface area contributed by atoms with Crippen LogP contribution in [0.1, 0.15) is 29.6 Å². The Morgan fingerprint density at radius 2 is 2.29 bits per heavy atom. The Kier molecular flexibility index (Phi) is 6.26. The fraction of sp³-hybridized carbons (Fsp3) is 0.375. The third kappa shape index (κ3) is 5.52. The van der Waals surface area contributed by atoms with Crippen molar-refractivity contribution in [3.8, 4) is 0 Å². The minimum absolute atomic E-state index is 0.152. The zero-order valence-corrected chi connectivity index (χ0v) is 13.9. The van der Waals surface area contributed by atoms with Crippen LogP contribution in [0, 0.1) is 6.92 Å². The van der Waals surface area contributed by atoms with Gasteiger partial charge in [0.05, 0.1) is 24.5 Å². The molecule has 0 atom stereocenters. The van der Waals surface area contributed by atoms with E-state index in [1.165, 1.54) is 10.5 Å². The molecule has 0 aliphatic heterocycles. The van der Waals surface area contributed by atoms with Gasteiger partial charge in [-0.25, -0.2) is 4.98 Å². The first-order chi connectivity index (χ1) is 10.2. The number of thioether (sulfide) groups is 1. The maximum Gasteiger partial charge on any atom is 0.306 e. The van der Waals surface area contributed by atoms with Crippen molar-refractivity contribution < 1.29 is 9.53 Å². The van der Waals surface area contributed by atoms with Crippen LogP contribution in [0.25, 0.3) is 0 Å². The predicted molar refractivity (Wildman–Crippen MR) is 87.8 cm³/mol. The van der Waals surface area contributed by atoms with E-state index in [0.717, 1.165) is 16.5 Å². The summed E-state index contributed by atoms with van der Waals surface area (Å²) in [4.78, 5) is 17.1. The van der Waals surface area contributed by atoms with Crippen LogP contribution in [-0.2, 0) is 21.7 Å². The molecule has 5 heteroatoms. The molecule has 0 unspecified atom stereocenters. The highest BCUT2D eigenvalue weighted by atomic mass is 32.2. The molecule has 1 aromatic heterocycles. The third-order valence-corrected chi connectivity index (χ3v) is 4.93. The minimum atomic E-state index is -0.152. The van der Waals surface area contributed by atoms with Gasteiger partial charge in [0, 0.05) is 16.7 Å². The summed E-state index contributed by atoms with van der Waals surface area (Å²) in [6, 6.07) is 8.47. The minimum Gasteiger partial charge on any atom is -0.466 e. The molecule has 0 N–H and O–H groups in total. The fourth-order valence-corrected chi connectivity index (χ4v) is 3.70. The van der Waals surface area contributed by atoms with E-state index in [2.05, 4.69) is 36.2 Å². The molecule has 0 aliphatic carbocycles. The van der Waals surface area contributed by atoms with Gasteiger partial charge in [-0.15, -0.1) is 23.1 Å². The van der Waals surface area contributed by atoms with Gasteiger partial charge in [0.2, 0.25) is 0 Å². The first kappa shape index (κ1) is 16.0. The van der Waals surface area contributed by atoms with Gasteiger partial charge in [-0.1, -0.05) is 17.7 Å². The summed E-state index contributed by atoms with van der Waals surface area (Å²) >= 11 is 3.44. The number of aromatic nitrogens is 1. The Balaban J connectivity index is 1.81. The number of hydrogen-bond acceptors (Lipinski definition) is 5. The van der Waals surface area contributed by atoms with Crippen LogP contribution in [0.3, 0.4) is 0 Å². The maximum absolute atomic E-state index is 11.3. The number of carbonyl (C=O) groups is 1. The van der Waals surface area contributed by atoms with E-state index in [-0.39, 0.29) is 5.97 Å². The van der Waals surface area contributed by atoms with Crippen LogP contribution >= 0.6 is 23.1 Å². The first-order valence-electron chi connectivity index (χ1n) is 6.95. The Labute approximate surface area is 133 Å². The average Bonchev–Trinajstić information content (AvgIpc) is 2.91. The van der Waals surface area contributed by atoms with E-state index in [1.807, 2.05) is 12.3 Å². The van der Waals surface area contributed by atoms with Gasteiger partial charge < -0.3 is 4.74 Å². The molecule has 0 aliphatic rings. The molecule has 2 aromatic rings. The summed E-state index contributed by atoms with van der Waals surface area (Å²) in [7, 11) is 0. The van der Waals surface area contributed by atoms with E-state index in [1.54, 1.807) is 23.1 Å². The molecular weight excluding hydrogens is 302 g/mol. The molecular formula is C16H19NO2S2. The second-order valence-electron chi connectivity index (χ2n) is 4.64. The van der Waals surface area contributed by atoms with Crippen molar-refractivity contribution in [3.63, 3.8) is 0 Å². The molecule has 0 bridgehead atoms. The lowest BCUT2D eigenvalue weighted by Gasteiger charge is -2.00. The van der Waals surface area contributed by atoms with Gasteiger partial charge in [-0.05, 0) is 26.0 Å². The number of hydrogen-bond donors (Lipinski definition) is 0.